The lowest BCUT2D eigenvalue weighted by Gasteiger charge is -2.29. The first-order chi connectivity index (χ1) is 20.7. The zero-order valence-electron chi connectivity index (χ0n) is 24.1. The fourth-order valence-corrected chi connectivity index (χ4v) is 6.36. The summed E-state index contributed by atoms with van der Waals surface area (Å²) in [4.78, 5) is 2.47. The third-order valence-corrected chi connectivity index (χ3v) is 8.40. The van der Waals surface area contributed by atoms with E-state index in [0.717, 1.165) is 12.1 Å². The molecule has 0 amide bonds. The van der Waals surface area contributed by atoms with Crippen molar-refractivity contribution in [1.82, 2.24) is 0 Å². The van der Waals surface area contributed by atoms with Crippen LogP contribution in [-0.4, -0.2) is 0 Å². The van der Waals surface area contributed by atoms with Gasteiger partial charge in [-0.3, -0.25) is 0 Å². The third kappa shape index (κ3) is 4.54. The summed E-state index contributed by atoms with van der Waals surface area (Å²) in [6.07, 6.45) is 0.986. The van der Waals surface area contributed by atoms with Crippen LogP contribution in [0.1, 0.15) is 36.1 Å². The van der Waals surface area contributed by atoms with E-state index in [1.165, 1.54) is 67.0 Å². The highest BCUT2D eigenvalue weighted by Gasteiger charge is 2.27. The number of rotatable bonds is 5. The summed E-state index contributed by atoms with van der Waals surface area (Å²) in [6.45, 7) is 4.54. The van der Waals surface area contributed by atoms with Gasteiger partial charge in [-0.25, -0.2) is 0 Å². The second-order valence-corrected chi connectivity index (χ2v) is 10.9. The number of benzene rings is 6. The van der Waals surface area contributed by atoms with Crippen molar-refractivity contribution >= 4 is 28.2 Å². The smallest absolute Gasteiger partial charge is 0.0540 e. The average molecular weight is 540 g/mol. The molecule has 42 heavy (non-hydrogen) atoms. The molecule has 6 aromatic carbocycles. The van der Waals surface area contributed by atoms with Gasteiger partial charge in [-0.1, -0.05) is 128 Å². The van der Waals surface area contributed by atoms with Crippen LogP contribution in [0.15, 0.2) is 152 Å². The van der Waals surface area contributed by atoms with Gasteiger partial charge >= 0.3 is 0 Å². The van der Waals surface area contributed by atoms with Crippen molar-refractivity contribution in [3.05, 3.63) is 174 Å². The molecule has 0 N–H and O–H groups in total. The highest BCUT2D eigenvalue weighted by molar-refractivity contribution is 6.08. The van der Waals surface area contributed by atoms with E-state index in [9.17, 15) is 0 Å². The molecule has 0 aromatic heterocycles. The van der Waals surface area contributed by atoms with Crippen molar-refractivity contribution in [3.8, 4) is 22.3 Å². The largest absolute Gasteiger partial charge is 0.309 e. The Kier molecular flexibility index (Phi) is 6.78. The second-order valence-electron chi connectivity index (χ2n) is 10.9. The monoisotopic (exact) mass is 539 g/mol. The van der Waals surface area contributed by atoms with Gasteiger partial charge < -0.3 is 4.90 Å². The average Bonchev–Trinajstić information content (AvgIpc) is 3.17. The van der Waals surface area contributed by atoms with Crippen LogP contribution in [0.2, 0.25) is 0 Å². The predicted octanol–water partition coefficient (Wildman–Crippen LogP) is 11.3. The van der Waals surface area contributed by atoms with E-state index in [1.807, 2.05) is 0 Å². The lowest BCUT2D eigenvalue weighted by atomic mass is 9.87. The summed E-state index contributed by atoms with van der Waals surface area (Å²) in [5.74, 6) is 0. The van der Waals surface area contributed by atoms with Crippen LogP contribution in [0, 0.1) is 0 Å². The molecule has 1 nitrogen and oxygen atoms in total. The van der Waals surface area contributed by atoms with E-state index in [0.29, 0.717) is 0 Å². The number of anilines is 3. The van der Waals surface area contributed by atoms with Crippen LogP contribution >= 0.6 is 0 Å². The first kappa shape index (κ1) is 25.8. The molecule has 0 aliphatic carbocycles. The van der Waals surface area contributed by atoms with Gasteiger partial charge in [0.2, 0.25) is 0 Å². The Morgan fingerprint density at radius 2 is 0.929 bits per heavy atom. The molecule has 0 atom stereocenters. The minimum atomic E-state index is 0.986. The van der Waals surface area contributed by atoms with Crippen LogP contribution in [0.25, 0.3) is 33.4 Å². The van der Waals surface area contributed by atoms with E-state index in [-0.39, 0.29) is 0 Å². The minimum absolute atomic E-state index is 0.986. The summed E-state index contributed by atoms with van der Waals surface area (Å²) < 4.78 is 0. The number of nitrogens with zero attached hydrogens (tertiary/aromatic N) is 1. The van der Waals surface area contributed by atoms with Gasteiger partial charge in [0.1, 0.15) is 0 Å². The molecule has 1 aliphatic rings. The normalized spacial score (nSPS) is 12.5. The highest BCUT2D eigenvalue weighted by atomic mass is 15.1. The highest BCUT2D eigenvalue weighted by Crippen LogP contribution is 2.50. The lowest BCUT2D eigenvalue weighted by Crippen LogP contribution is -2.12. The van der Waals surface area contributed by atoms with Gasteiger partial charge in [-0.15, -0.1) is 0 Å². The minimum Gasteiger partial charge on any atom is -0.309 e. The zero-order valence-corrected chi connectivity index (χ0v) is 24.1. The Bertz CT molecular complexity index is 1860. The van der Waals surface area contributed by atoms with Crippen molar-refractivity contribution in [1.29, 1.82) is 0 Å². The van der Waals surface area contributed by atoms with E-state index in [4.69, 9.17) is 0 Å². The summed E-state index contributed by atoms with van der Waals surface area (Å²) in [5, 5.41) is 0. The lowest BCUT2D eigenvalue weighted by molar-refractivity contribution is 1.13. The van der Waals surface area contributed by atoms with Gasteiger partial charge in [0.25, 0.3) is 0 Å². The van der Waals surface area contributed by atoms with Gasteiger partial charge in [-0.05, 0) is 88.2 Å². The number of para-hydroxylation sites is 2. The number of fused-ring (bicyclic) bond motifs is 2. The fraction of sp³-hybridized carbons (Fsp3) is 0.0732. The quantitative estimate of drug-likeness (QED) is 0.211. The molecule has 0 unspecified atom stereocenters. The molecule has 1 heterocycles. The Balaban J connectivity index is 1.54. The van der Waals surface area contributed by atoms with Gasteiger partial charge in [0.05, 0.1) is 11.4 Å². The molecule has 0 saturated carbocycles. The fourth-order valence-electron chi connectivity index (χ4n) is 6.36. The maximum absolute atomic E-state index is 2.47. The van der Waals surface area contributed by atoms with Gasteiger partial charge in [0, 0.05) is 16.8 Å². The van der Waals surface area contributed by atoms with Crippen LogP contribution in [0.3, 0.4) is 0 Å². The molecular weight excluding hydrogens is 506 g/mol. The predicted molar refractivity (Wildman–Crippen MR) is 179 cm³/mol. The molecule has 0 spiro atoms. The standard InChI is InChI=1S/C41H33N/c1-3-30-16-10-11-22-37(30)41-29(2)36-21-12-14-24-39(36)42(40-25-15-13-23-38(40)41)35-27-33(31-17-6-4-7-18-31)26-34(28-35)32-19-8-5-9-20-32/h4-28H,3H2,1-2H3. The SMILES string of the molecule is CCc1ccccc1C1=C(C)c2ccccc2N(c2cc(-c3ccccc3)cc(-c3ccccc3)c2)c2ccccc21. The third-order valence-electron chi connectivity index (χ3n) is 8.40. The number of allylic oxidation sites excluding steroid dienone is 1. The molecule has 202 valence electrons. The van der Waals surface area contributed by atoms with Crippen LogP contribution in [0.4, 0.5) is 17.1 Å². The Labute approximate surface area is 249 Å². The first-order valence-electron chi connectivity index (χ1n) is 14.8. The van der Waals surface area contributed by atoms with E-state index in [2.05, 4.69) is 170 Å². The first-order valence-corrected chi connectivity index (χ1v) is 14.8. The molecule has 1 aliphatic heterocycles. The maximum Gasteiger partial charge on any atom is 0.0540 e. The molecule has 7 rings (SSSR count). The number of hydrogen-bond acceptors (Lipinski definition) is 1. The number of hydrogen-bond donors (Lipinski definition) is 0. The summed E-state index contributed by atoms with van der Waals surface area (Å²) in [5.41, 5.74) is 16.1. The maximum atomic E-state index is 2.47. The van der Waals surface area contributed by atoms with Gasteiger partial charge in [-0.2, -0.15) is 0 Å². The Hall–Kier alpha value is -5.14. The summed E-state index contributed by atoms with van der Waals surface area (Å²) in [7, 11) is 0. The van der Waals surface area contributed by atoms with E-state index in [1.54, 1.807) is 0 Å². The number of aryl methyl sites for hydroxylation is 1. The van der Waals surface area contributed by atoms with Crippen molar-refractivity contribution in [2.24, 2.45) is 0 Å². The summed E-state index contributed by atoms with van der Waals surface area (Å²) in [6, 6.07) is 55.1. The van der Waals surface area contributed by atoms with Crippen molar-refractivity contribution < 1.29 is 0 Å². The van der Waals surface area contributed by atoms with Crippen LogP contribution < -0.4 is 4.90 Å². The molecule has 0 radical (unpaired) electrons. The molecule has 0 saturated heterocycles. The van der Waals surface area contributed by atoms with Crippen molar-refractivity contribution in [3.63, 3.8) is 0 Å². The zero-order chi connectivity index (χ0) is 28.5. The Morgan fingerprint density at radius 3 is 1.52 bits per heavy atom. The van der Waals surface area contributed by atoms with E-state index >= 15 is 0 Å². The summed E-state index contributed by atoms with van der Waals surface area (Å²) >= 11 is 0. The van der Waals surface area contributed by atoms with Crippen LogP contribution in [-0.2, 0) is 6.42 Å². The van der Waals surface area contributed by atoms with Gasteiger partial charge in [0.15, 0.2) is 0 Å². The second kappa shape index (κ2) is 11.0. The molecular formula is C41H33N. The topological polar surface area (TPSA) is 3.24 Å². The van der Waals surface area contributed by atoms with Crippen LogP contribution in [0.5, 0.6) is 0 Å². The molecule has 1 heteroatoms. The van der Waals surface area contributed by atoms with Crippen molar-refractivity contribution in [2.45, 2.75) is 20.3 Å². The van der Waals surface area contributed by atoms with Crippen molar-refractivity contribution in [2.75, 3.05) is 4.90 Å². The molecule has 0 fully saturated rings. The Morgan fingerprint density at radius 1 is 0.452 bits per heavy atom. The molecule has 6 aromatic rings. The van der Waals surface area contributed by atoms with E-state index < -0.39 is 0 Å². The molecule has 0 bridgehead atoms.